The average Bonchev–Trinajstić information content (AvgIpc) is 2.29. The van der Waals surface area contributed by atoms with Gasteiger partial charge in [-0.25, -0.2) is 13.6 Å². The smallest absolute Gasteiger partial charge is 0.310 e. The minimum Gasteiger partial charge on any atom is -0.495 e. The fourth-order valence-corrected chi connectivity index (χ4v) is 2.66. The zero-order valence-electron chi connectivity index (χ0n) is 9.77. The molecule has 18 heavy (non-hydrogen) atoms. The van der Waals surface area contributed by atoms with E-state index < -0.39 is 16.0 Å². The maximum absolute atomic E-state index is 11.3. The maximum atomic E-state index is 11.3. The van der Waals surface area contributed by atoms with Gasteiger partial charge < -0.3 is 9.47 Å². The number of carbonyl (C=O) groups is 1. The first kappa shape index (κ1) is 14.9. The molecule has 0 spiro atoms. The van der Waals surface area contributed by atoms with E-state index in [0.717, 1.165) is 0 Å². The number of ether oxygens (including phenoxy) is 2. The summed E-state index contributed by atoms with van der Waals surface area (Å²) in [7, 11) is -1.30. The van der Waals surface area contributed by atoms with Crippen LogP contribution in [0.25, 0.3) is 0 Å². The van der Waals surface area contributed by atoms with Crippen LogP contribution in [0.2, 0.25) is 0 Å². The lowest BCUT2D eigenvalue weighted by atomic mass is 10.1. The SMILES string of the molecule is COC(=O)Cc1cc(OC)c(S(N)(=O)=O)cc1Br. The van der Waals surface area contributed by atoms with Crippen molar-refractivity contribution in [2.75, 3.05) is 14.2 Å². The van der Waals surface area contributed by atoms with Gasteiger partial charge in [0.15, 0.2) is 0 Å². The minimum absolute atomic E-state index is 0.00164. The van der Waals surface area contributed by atoms with Gasteiger partial charge in [-0.05, 0) is 17.7 Å². The highest BCUT2D eigenvalue weighted by atomic mass is 79.9. The maximum Gasteiger partial charge on any atom is 0.310 e. The lowest BCUT2D eigenvalue weighted by Crippen LogP contribution is -2.14. The molecule has 2 N–H and O–H groups in total. The van der Waals surface area contributed by atoms with Crippen LogP contribution in [0.5, 0.6) is 5.75 Å². The van der Waals surface area contributed by atoms with Crippen LogP contribution in [0.4, 0.5) is 0 Å². The fraction of sp³-hybridized carbons (Fsp3) is 0.300. The molecule has 0 amide bonds. The summed E-state index contributed by atoms with van der Waals surface area (Å²) in [5, 5.41) is 5.06. The predicted octanol–water partition coefficient (Wildman–Crippen LogP) is 0.821. The number of rotatable bonds is 4. The zero-order valence-corrected chi connectivity index (χ0v) is 12.2. The molecule has 0 fully saturated rings. The lowest BCUT2D eigenvalue weighted by molar-refractivity contribution is -0.139. The van der Waals surface area contributed by atoms with E-state index in [1.54, 1.807) is 0 Å². The molecular weight excluding hydrogens is 326 g/mol. The summed E-state index contributed by atoms with van der Waals surface area (Å²) in [6.45, 7) is 0. The second-order valence-electron chi connectivity index (χ2n) is 3.39. The van der Waals surface area contributed by atoms with Gasteiger partial charge in [-0.2, -0.15) is 0 Å². The summed E-state index contributed by atoms with van der Waals surface area (Å²) in [4.78, 5) is 11.0. The van der Waals surface area contributed by atoms with Crippen LogP contribution in [0.1, 0.15) is 5.56 Å². The van der Waals surface area contributed by atoms with Crippen molar-refractivity contribution in [1.82, 2.24) is 0 Å². The Bertz CT molecular complexity index is 570. The second kappa shape index (κ2) is 5.68. The fourth-order valence-electron chi connectivity index (χ4n) is 1.32. The average molecular weight is 338 g/mol. The first-order valence-electron chi connectivity index (χ1n) is 4.75. The molecule has 1 aromatic carbocycles. The number of hydrogen-bond acceptors (Lipinski definition) is 5. The zero-order chi connectivity index (χ0) is 13.9. The van der Waals surface area contributed by atoms with E-state index in [4.69, 9.17) is 9.88 Å². The van der Waals surface area contributed by atoms with Gasteiger partial charge in [0, 0.05) is 4.47 Å². The topological polar surface area (TPSA) is 95.7 Å². The van der Waals surface area contributed by atoms with Crippen molar-refractivity contribution in [1.29, 1.82) is 0 Å². The van der Waals surface area contributed by atoms with Crippen LogP contribution in [0, 0.1) is 0 Å². The third kappa shape index (κ3) is 3.44. The van der Waals surface area contributed by atoms with E-state index in [-0.39, 0.29) is 17.1 Å². The summed E-state index contributed by atoms with van der Waals surface area (Å²) >= 11 is 3.18. The molecule has 1 aromatic rings. The normalized spacial score (nSPS) is 11.1. The quantitative estimate of drug-likeness (QED) is 0.820. The summed E-state index contributed by atoms with van der Waals surface area (Å²) in [5.41, 5.74) is 0.547. The standard InChI is InChI=1S/C10H12BrNO5S/c1-16-8-3-6(4-10(13)17-2)7(11)5-9(8)18(12,14)15/h3,5H,4H2,1-2H3,(H2,12,14,15). The molecule has 0 saturated heterocycles. The van der Waals surface area contributed by atoms with Crippen molar-refractivity contribution >= 4 is 31.9 Å². The summed E-state index contributed by atoms with van der Waals surface area (Å²) in [6, 6.07) is 2.73. The minimum atomic E-state index is -3.89. The highest BCUT2D eigenvalue weighted by Gasteiger charge is 2.19. The van der Waals surface area contributed by atoms with Gasteiger partial charge in [0.05, 0.1) is 20.6 Å². The van der Waals surface area contributed by atoms with E-state index in [1.807, 2.05) is 0 Å². The van der Waals surface area contributed by atoms with Crippen molar-refractivity contribution in [2.45, 2.75) is 11.3 Å². The Morgan fingerprint density at radius 1 is 1.39 bits per heavy atom. The number of primary sulfonamides is 1. The molecule has 0 unspecified atom stereocenters. The van der Waals surface area contributed by atoms with Gasteiger partial charge in [0.25, 0.3) is 0 Å². The highest BCUT2D eigenvalue weighted by molar-refractivity contribution is 9.10. The molecule has 0 aliphatic carbocycles. The Morgan fingerprint density at radius 2 is 2.00 bits per heavy atom. The molecular formula is C10H12BrNO5S. The van der Waals surface area contributed by atoms with Gasteiger partial charge in [0.2, 0.25) is 10.0 Å². The first-order valence-corrected chi connectivity index (χ1v) is 7.09. The third-order valence-electron chi connectivity index (χ3n) is 2.20. The largest absolute Gasteiger partial charge is 0.495 e. The molecule has 0 bridgehead atoms. The number of sulfonamides is 1. The number of nitrogens with two attached hydrogens (primary N) is 1. The third-order valence-corrected chi connectivity index (χ3v) is 3.87. The van der Waals surface area contributed by atoms with Crippen molar-refractivity contribution in [3.63, 3.8) is 0 Å². The summed E-state index contributed by atoms with van der Waals surface area (Å²) in [6.07, 6.45) is -0.00164. The lowest BCUT2D eigenvalue weighted by Gasteiger charge is -2.10. The predicted molar refractivity (Wildman–Crippen MR) is 67.8 cm³/mol. The molecule has 100 valence electrons. The summed E-state index contributed by atoms with van der Waals surface area (Å²) in [5.74, 6) is -0.360. The Morgan fingerprint density at radius 3 is 2.44 bits per heavy atom. The van der Waals surface area contributed by atoms with E-state index in [1.165, 1.54) is 26.4 Å². The molecule has 0 aliphatic rings. The number of carbonyl (C=O) groups excluding carboxylic acids is 1. The van der Waals surface area contributed by atoms with Gasteiger partial charge in [-0.15, -0.1) is 0 Å². The number of benzene rings is 1. The summed E-state index contributed by atoms with van der Waals surface area (Å²) < 4.78 is 32.6. The molecule has 0 aromatic heterocycles. The van der Waals surface area contributed by atoms with E-state index in [0.29, 0.717) is 10.0 Å². The van der Waals surface area contributed by atoms with Crippen LogP contribution in [0.15, 0.2) is 21.5 Å². The molecule has 0 radical (unpaired) electrons. The Kier molecular flexibility index (Phi) is 4.71. The molecule has 0 saturated carbocycles. The van der Waals surface area contributed by atoms with Crippen molar-refractivity contribution in [3.8, 4) is 5.75 Å². The highest BCUT2D eigenvalue weighted by Crippen LogP contribution is 2.30. The molecule has 8 heteroatoms. The van der Waals surface area contributed by atoms with Gasteiger partial charge in [-0.3, -0.25) is 4.79 Å². The van der Waals surface area contributed by atoms with Crippen LogP contribution in [0.3, 0.4) is 0 Å². The monoisotopic (exact) mass is 337 g/mol. The van der Waals surface area contributed by atoms with Crippen molar-refractivity contribution in [2.24, 2.45) is 5.14 Å². The van der Waals surface area contributed by atoms with Crippen molar-refractivity contribution < 1.29 is 22.7 Å². The molecule has 0 aliphatic heterocycles. The van der Waals surface area contributed by atoms with Gasteiger partial charge in [0.1, 0.15) is 10.6 Å². The van der Waals surface area contributed by atoms with Crippen molar-refractivity contribution in [3.05, 3.63) is 22.2 Å². The molecule has 6 nitrogen and oxygen atoms in total. The van der Waals surface area contributed by atoms with Gasteiger partial charge >= 0.3 is 5.97 Å². The second-order valence-corrected chi connectivity index (χ2v) is 5.78. The number of esters is 1. The molecule has 0 atom stereocenters. The van der Waals surface area contributed by atoms with Crippen LogP contribution in [-0.2, 0) is 26.0 Å². The Balaban J connectivity index is 3.31. The van der Waals surface area contributed by atoms with Crippen LogP contribution >= 0.6 is 15.9 Å². The molecule has 1 rings (SSSR count). The van der Waals surface area contributed by atoms with E-state index in [2.05, 4.69) is 20.7 Å². The van der Waals surface area contributed by atoms with E-state index >= 15 is 0 Å². The number of hydrogen-bond donors (Lipinski definition) is 1. The van der Waals surface area contributed by atoms with Gasteiger partial charge in [-0.1, -0.05) is 15.9 Å². The number of methoxy groups -OCH3 is 2. The van der Waals surface area contributed by atoms with Crippen LogP contribution in [-0.4, -0.2) is 28.6 Å². The first-order chi connectivity index (χ1) is 8.29. The van der Waals surface area contributed by atoms with E-state index in [9.17, 15) is 13.2 Å². The number of halogens is 1. The molecule has 0 heterocycles. The Labute approximate surface area is 113 Å². The van der Waals surface area contributed by atoms with Crippen LogP contribution < -0.4 is 9.88 Å². The Hall–Kier alpha value is -1.12.